The summed E-state index contributed by atoms with van der Waals surface area (Å²) in [6.45, 7) is 6.72. The average molecular weight is 810 g/mol. The number of carbonyl (C=O) groups excluding carboxylic acids is 2. The predicted molar refractivity (Wildman–Crippen MR) is 248 cm³/mol. The number of hydrogen-bond acceptors (Lipinski definition) is 5. The van der Waals surface area contributed by atoms with Crippen LogP contribution >= 0.6 is 0 Å². The first-order chi connectivity index (χ1) is 30.1. The summed E-state index contributed by atoms with van der Waals surface area (Å²) in [6, 6.07) is 54.8. The molecule has 2 aliphatic rings. The van der Waals surface area contributed by atoms with Gasteiger partial charge in [0.25, 0.3) is 11.8 Å². The van der Waals surface area contributed by atoms with E-state index in [0.29, 0.717) is 22.5 Å². The summed E-state index contributed by atoms with van der Waals surface area (Å²) in [4.78, 5) is 36.8. The van der Waals surface area contributed by atoms with Gasteiger partial charge in [0.1, 0.15) is 11.5 Å². The van der Waals surface area contributed by atoms with Gasteiger partial charge in [-0.15, -0.1) is 0 Å². The highest BCUT2D eigenvalue weighted by atomic mass is 16.3. The molecule has 2 N–H and O–H groups in total. The van der Waals surface area contributed by atoms with E-state index in [1.54, 1.807) is 29.2 Å². The zero-order valence-electron chi connectivity index (χ0n) is 34.6. The van der Waals surface area contributed by atoms with E-state index in [1.165, 1.54) is 0 Å². The summed E-state index contributed by atoms with van der Waals surface area (Å²) in [7, 11) is 0. The van der Waals surface area contributed by atoms with Crippen molar-refractivity contribution >= 4 is 61.8 Å². The normalized spacial score (nSPS) is 13.9. The largest absolute Gasteiger partial charge is 0.508 e. The molecule has 0 fully saturated rings. The number of amides is 2. The summed E-state index contributed by atoms with van der Waals surface area (Å²) in [6.07, 6.45) is 0. The standard InChI is InChI=1S/C55H43N3O4/c1-34-10-8-12-37(30-34)32-56-52(47-27-18-36(3)43-14-4-5-15-44(43)47)50-51(55(56)62)53(57(54(50)61)33-38-13-9-11-35(2)31-38)48-28-29-49(46-17-7-6-16-45(46)48)58(39-19-23-41(59)24-20-39)40-21-25-42(60)26-22-40/h4-31,59-60H,32-33H2,1-3H3. The Kier molecular flexibility index (Phi) is 9.45. The van der Waals surface area contributed by atoms with Crippen molar-refractivity contribution in [3.8, 4) is 11.5 Å². The molecule has 2 amide bonds. The summed E-state index contributed by atoms with van der Waals surface area (Å²) in [5.41, 5.74) is 11.2. The third kappa shape index (κ3) is 6.55. The molecule has 8 aromatic rings. The fourth-order valence-corrected chi connectivity index (χ4v) is 9.22. The van der Waals surface area contributed by atoms with Crippen molar-refractivity contribution in [2.24, 2.45) is 0 Å². The van der Waals surface area contributed by atoms with Crippen LogP contribution in [0, 0.1) is 20.8 Å². The predicted octanol–water partition coefficient (Wildman–Crippen LogP) is 12.0. The average Bonchev–Trinajstić information content (AvgIpc) is 3.71. The molecule has 2 aliphatic heterocycles. The molecule has 0 radical (unpaired) electrons. The zero-order valence-corrected chi connectivity index (χ0v) is 34.6. The number of aromatic hydroxyl groups is 2. The van der Waals surface area contributed by atoms with Gasteiger partial charge in [-0.1, -0.05) is 126 Å². The van der Waals surface area contributed by atoms with Gasteiger partial charge >= 0.3 is 0 Å². The Morgan fingerprint density at radius 1 is 0.452 bits per heavy atom. The molecule has 7 heteroatoms. The van der Waals surface area contributed by atoms with Gasteiger partial charge in [-0.25, -0.2) is 0 Å². The molecule has 0 saturated heterocycles. The van der Waals surface area contributed by atoms with Gasteiger partial charge in [0.05, 0.1) is 41.3 Å². The van der Waals surface area contributed by atoms with E-state index in [9.17, 15) is 10.2 Å². The zero-order chi connectivity index (χ0) is 42.6. The van der Waals surface area contributed by atoms with Crippen LogP contribution in [0.1, 0.15) is 38.9 Å². The van der Waals surface area contributed by atoms with Crippen LogP contribution in [0.15, 0.2) is 181 Å². The molecule has 8 aromatic carbocycles. The molecule has 0 unspecified atom stereocenters. The van der Waals surface area contributed by atoms with Crippen molar-refractivity contribution in [3.63, 3.8) is 0 Å². The minimum atomic E-state index is -0.223. The van der Waals surface area contributed by atoms with Crippen molar-refractivity contribution in [2.45, 2.75) is 33.9 Å². The molecule has 0 saturated carbocycles. The number of carbonyl (C=O) groups is 2. The number of phenols is 2. The lowest BCUT2D eigenvalue weighted by atomic mass is 9.94. The number of nitrogens with zero attached hydrogens (tertiary/aromatic N) is 3. The summed E-state index contributed by atoms with van der Waals surface area (Å²) >= 11 is 0. The molecule has 10 rings (SSSR count). The Balaban J connectivity index is 1.25. The monoisotopic (exact) mass is 809 g/mol. The van der Waals surface area contributed by atoms with Gasteiger partial charge in [0, 0.05) is 27.9 Å². The lowest BCUT2D eigenvalue weighted by molar-refractivity contribution is -0.124. The summed E-state index contributed by atoms with van der Waals surface area (Å²) < 4.78 is 0. The maximum absolute atomic E-state index is 15.6. The van der Waals surface area contributed by atoms with E-state index in [2.05, 4.69) is 54.3 Å². The molecule has 62 heavy (non-hydrogen) atoms. The molecule has 0 bridgehead atoms. The van der Waals surface area contributed by atoms with Crippen molar-refractivity contribution in [1.82, 2.24) is 9.80 Å². The first kappa shape index (κ1) is 38.3. The van der Waals surface area contributed by atoms with Crippen LogP contribution in [0.2, 0.25) is 0 Å². The highest BCUT2D eigenvalue weighted by molar-refractivity contribution is 6.31. The minimum Gasteiger partial charge on any atom is -0.508 e. The van der Waals surface area contributed by atoms with E-state index in [-0.39, 0.29) is 36.4 Å². The maximum Gasteiger partial charge on any atom is 0.261 e. The van der Waals surface area contributed by atoms with Crippen molar-refractivity contribution < 1.29 is 19.8 Å². The van der Waals surface area contributed by atoms with Crippen LogP contribution in [0.3, 0.4) is 0 Å². The lowest BCUT2D eigenvalue weighted by Crippen LogP contribution is -2.29. The SMILES string of the molecule is Cc1cccc(CN2C(=O)C3=C(c4ccc(N(c5ccc(O)cc5)c5ccc(O)cc5)c5ccccc45)N(Cc4cccc(C)c4)C(=O)C3=C2c2ccc(C)c3ccccc23)c1. The van der Waals surface area contributed by atoms with E-state index in [0.717, 1.165) is 77.6 Å². The number of aryl methyl sites for hydroxylation is 3. The van der Waals surface area contributed by atoms with E-state index >= 15 is 9.59 Å². The third-order valence-corrected chi connectivity index (χ3v) is 12.0. The summed E-state index contributed by atoms with van der Waals surface area (Å²) in [5, 5.41) is 24.3. The molecule has 0 aliphatic carbocycles. The molecule has 302 valence electrons. The second-order valence-electron chi connectivity index (χ2n) is 16.2. The third-order valence-electron chi connectivity index (χ3n) is 12.0. The second kappa shape index (κ2) is 15.3. The Hall–Kier alpha value is -7.90. The smallest absolute Gasteiger partial charge is 0.261 e. The number of benzene rings is 8. The van der Waals surface area contributed by atoms with Gasteiger partial charge in [-0.05, 0) is 108 Å². The van der Waals surface area contributed by atoms with Gasteiger partial charge in [-0.3, -0.25) is 9.59 Å². The van der Waals surface area contributed by atoms with E-state index in [1.807, 2.05) is 122 Å². The fraction of sp³-hybridized carbons (Fsp3) is 0.0909. The van der Waals surface area contributed by atoms with Gasteiger partial charge in [0.2, 0.25) is 0 Å². The van der Waals surface area contributed by atoms with Gasteiger partial charge < -0.3 is 24.9 Å². The lowest BCUT2D eigenvalue weighted by Gasteiger charge is -2.29. The first-order valence-corrected chi connectivity index (χ1v) is 20.8. The van der Waals surface area contributed by atoms with Gasteiger partial charge in [-0.2, -0.15) is 0 Å². The molecule has 0 spiro atoms. The Morgan fingerprint density at radius 3 is 1.37 bits per heavy atom. The highest BCUT2D eigenvalue weighted by Crippen LogP contribution is 2.51. The topological polar surface area (TPSA) is 84.3 Å². The summed E-state index contributed by atoms with van der Waals surface area (Å²) in [5.74, 6) is -0.155. The number of rotatable bonds is 9. The van der Waals surface area contributed by atoms with Crippen LogP contribution in [-0.4, -0.2) is 31.8 Å². The van der Waals surface area contributed by atoms with Crippen molar-refractivity contribution in [1.29, 1.82) is 0 Å². The second-order valence-corrected chi connectivity index (χ2v) is 16.2. The van der Waals surface area contributed by atoms with Crippen molar-refractivity contribution in [2.75, 3.05) is 4.90 Å². The quantitative estimate of drug-likeness (QED) is 0.152. The molecule has 7 nitrogen and oxygen atoms in total. The fourth-order valence-electron chi connectivity index (χ4n) is 9.22. The van der Waals surface area contributed by atoms with Crippen LogP contribution in [0.25, 0.3) is 32.9 Å². The highest BCUT2D eigenvalue weighted by Gasteiger charge is 2.49. The Labute approximate surface area is 360 Å². The van der Waals surface area contributed by atoms with E-state index in [4.69, 9.17) is 0 Å². The first-order valence-electron chi connectivity index (χ1n) is 20.8. The number of hydrogen-bond donors (Lipinski definition) is 2. The Bertz CT molecular complexity index is 3140. The minimum absolute atomic E-state index is 0.146. The molecule has 2 heterocycles. The van der Waals surface area contributed by atoms with Crippen LogP contribution in [0.5, 0.6) is 11.5 Å². The van der Waals surface area contributed by atoms with Crippen molar-refractivity contribution in [3.05, 3.63) is 220 Å². The molecular formula is C55H43N3O4. The molecular weight excluding hydrogens is 767 g/mol. The van der Waals surface area contributed by atoms with E-state index < -0.39 is 0 Å². The maximum atomic E-state index is 15.6. The molecule has 0 aromatic heterocycles. The number of anilines is 3. The Morgan fingerprint density at radius 2 is 0.887 bits per heavy atom. The number of phenolic OH excluding ortho intramolecular Hbond substituents is 2. The number of fused-ring (bicyclic) bond motifs is 3. The van der Waals surface area contributed by atoms with Gasteiger partial charge in [0.15, 0.2) is 0 Å². The van der Waals surface area contributed by atoms with Crippen LogP contribution in [-0.2, 0) is 22.7 Å². The van der Waals surface area contributed by atoms with Crippen LogP contribution in [0.4, 0.5) is 17.1 Å². The van der Waals surface area contributed by atoms with Crippen LogP contribution < -0.4 is 4.90 Å². The molecule has 0 atom stereocenters.